The average molecular weight is 1030 g/mol. The van der Waals surface area contributed by atoms with E-state index in [2.05, 4.69) is 42.0 Å². The molecule has 0 bridgehead atoms. The van der Waals surface area contributed by atoms with Gasteiger partial charge in [0.15, 0.2) is 5.78 Å². The summed E-state index contributed by atoms with van der Waals surface area (Å²) >= 11 is 0. The first kappa shape index (κ1) is 57.3. The zero-order valence-electron chi connectivity index (χ0n) is 42.2. The number of hydrogen-bond acceptors (Lipinski definition) is 15. The molecule has 1 fully saturated rings. The van der Waals surface area contributed by atoms with Gasteiger partial charge in [-0.1, -0.05) is 93.6 Å². The Morgan fingerprint density at radius 2 is 1.38 bits per heavy atom. The van der Waals surface area contributed by atoms with Gasteiger partial charge in [-0.05, 0) is 73.8 Å². The minimum absolute atomic E-state index is 0.00748. The summed E-state index contributed by atoms with van der Waals surface area (Å²) < 4.78 is 43.3. The highest BCUT2D eigenvalue weighted by atomic mass is 32.2. The van der Waals surface area contributed by atoms with Gasteiger partial charge in [0, 0.05) is 31.3 Å². The Kier molecular flexibility index (Phi) is 21.6. The van der Waals surface area contributed by atoms with E-state index in [4.69, 9.17) is 13.7 Å². The van der Waals surface area contributed by atoms with Crippen LogP contribution < -0.4 is 31.3 Å². The Bertz CT molecular complexity index is 2560. The van der Waals surface area contributed by atoms with Crippen molar-refractivity contribution in [3.63, 3.8) is 0 Å². The highest BCUT2D eigenvalue weighted by Gasteiger charge is 2.41. The molecule has 73 heavy (non-hydrogen) atoms. The third-order valence-corrected chi connectivity index (χ3v) is 13.2. The minimum Gasteiger partial charge on any atom is -0.495 e. The van der Waals surface area contributed by atoms with Gasteiger partial charge in [-0.25, -0.2) is 0 Å². The summed E-state index contributed by atoms with van der Waals surface area (Å²) in [6, 6.07) is 17.0. The molecule has 7 N–H and O–H groups in total. The van der Waals surface area contributed by atoms with Gasteiger partial charge in [0.25, 0.3) is 5.91 Å². The number of benzene rings is 3. The first-order valence-electron chi connectivity index (χ1n) is 24.3. The summed E-state index contributed by atoms with van der Waals surface area (Å²) in [5.41, 5.74) is -0.559. The molecule has 22 heteroatoms. The quantitative estimate of drug-likeness (QED) is 0.0401. The molecule has 1 aromatic heterocycles. The molecule has 1 aliphatic heterocycles. The lowest BCUT2D eigenvalue weighted by Gasteiger charge is -2.30. The summed E-state index contributed by atoms with van der Waals surface area (Å²) in [4.78, 5) is 85.0. The number of aryl methyl sites for hydroxylation is 1. The van der Waals surface area contributed by atoms with Crippen LogP contribution in [0, 0.1) is 11.8 Å². The van der Waals surface area contributed by atoms with Gasteiger partial charge < -0.3 is 41.2 Å². The molecule has 21 nitrogen and oxygen atoms in total. The van der Waals surface area contributed by atoms with E-state index in [0.717, 1.165) is 18.6 Å². The predicted molar refractivity (Wildman–Crippen MR) is 268 cm³/mol. The standard InChI is InChI=1S/C51H69N9O12S/c1-33(2)25-40(46(62)51(5,67)32-72-73(68,69)44-28-37(18-20-43(44)70-6)47(63)52-29-38-30-53-59-58-38)55-50(66)42(27-36-15-11-8-12-16-36)57-49(65)41(26-34(3)4)56-48(64)39(19-17-35-13-9-7-10-14-35)54-45(61)31-60-21-23-71-24-22-60/h7-16,18,20,28,30,33-34,39-42,67H,17,19,21-27,29,31-32H2,1-6H3,(H,52,63)(H,54,61)(H,55,66)(H,56,64)(H,57,65)(H,53,58,59)/t39-,40-,41-,42-,51?/m0/s1. The first-order valence-corrected chi connectivity index (χ1v) is 25.7. The number of hydrogen-bond donors (Lipinski definition) is 7. The maximum absolute atomic E-state index is 14.5. The maximum Gasteiger partial charge on any atom is 0.300 e. The van der Waals surface area contributed by atoms with E-state index >= 15 is 0 Å². The fraction of sp³-hybridized carbons (Fsp3) is 0.490. The molecule has 3 aromatic carbocycles. The Morgan fingerprint density at radius 1 is 0.795 bits per heavy atom. The van der Waals surface area contributed by atoms with Crippen LogP contribution in [0.4, 0.5) is 0 Å². The van der Waals surface area contributed by atoms with Crippen LogP contribution in [0.1, 0.15) is 81.1 Å². The van der Waals surface area contributed by atoms with Crippen molar-refractivity contribution >= 4 is 45.4 Å². The third-order valence-electron chi connectivity index (χ3n) is 11.9. The summed E-state index contributed by atoms with van der Waals surface area (Å²) in [7, 11) is -3.60. The molecule has 0 spiro atoms. The molecule has 396 valence electrons. The molecule has 4 aromatic rings. The van der Waals surface area contributed by atoms with E-state index in [0.29, 0.717) is 44.0 Å². The summed E-state index contributed by atoms with van der Waals surface area (Å²) in [6.07, 6.45) is 2.28. The van der Waals surface area contributed by atoms with Gasteiger partial charge in [-0.2, -0.15) is 8.42 Å². The molecule has 2 heterocycles. The van der Waals surface area contributed by atoms with Crippen molar-refractivity contribution in [3.05, 3.63) is 107 Å². The van der Waals surface area contributed by atoms with E-state index in [-0.39, 0.29) is 67.8 Å². The Balaban J connectivity index is 1.33. The molecular weight excluding hydrogens is 963 g/mol. The van der Waals surface area contributed by atoms with Crippen molar-refractivity contribution < 1.29 is 55.9 Å². The van der Waals surface area contributed by atoms with E-state index < -0.39 is 80.8 Å². The van der Waals surface area contributed by atoms with E-state index in [9.17, 15) is 42.3 Å². The SMILES string of the molecule is COc1ccc(C(=O)NCc2c[nH]nn2)cc1S(=O)(=O)OCC(C)(O)C(=O)[C@H](CC(C)C)NC(=O)[C@H](Cc1ccccc1)NC(=O)[C@H](CC(C)C)NC(=O)[C@H](CCc1ccccc1)NC(=O)CN1CCOCC1. The van der Waals surface area contributed by atoms with Gasteiger partial charge in [-0.3, -0.25) is 42.9 Å². The van der Waals surface area contributed by atoms with Crippen LogP contribution in [0.15, 0.2) is 90.0 Å². The Hall–Kier alpha value is -6.59. The number of H-pyrrole nitrogens is 1. The zero-order valence-corrected chi connectivity index (χ0v) is 43.0. The molecule has 1 unspecified atom stereocenters. The number of nitrogens with one attached hydrogen (secondary N) is 6. The van der Waals surface area contributed by atoms with Crippen LogP contribution in [-0.2, 0) is 62.4 Å². The number of rotatable bonds is 28. The Labute approximate surface area is 426 Å². The number of aromatic amines is 1. The van der Waals surface area contributed by atoms with Gasteiger partial charge >= 0.3 is 10.1 Å². The number of morpholine rings is 1. The van der Waals surface area contributed by atoms with Crippen LogP contribution >= 0.6 is 0 Å². The number of carbonyl (C=O) groups is 6. The van der Waals surface area contributed by atoms with Crippen molar-refractivity contribution in [2.45, 2.75) is 108 Å². The average Bonchev–Trinajstić information content (AvgIpc) is 3.90. The Morgan fingerprint density at radius 3 is 2.00 bits per heavy atom. The molecule has 5 atom stereocenters. The van der Waals surface area contributed by atoms with Gasteiger partial charge in [0.1, 0.15) is 46.7 Å². The minimum atomic E-state index is -4.81. The monoisotopic (exact) mass is 1030 g/mol. The van der Waals surface area contributed by atoms with Gasteiger partial charge in [-0.15, -0.1) is 5.10 Å². The third kappa shape index (κ3) is 18.1. The largest absolute Gasteiger partial charge is 0.495 e. The summed E-state index contributed by atoms with van der Waals surface area (Å²) in [6.45, 7) is 9.42. The number of carbonyl (C=O) groups excluding carboxylic acids is 6. The lowest BCUT2D eigenvalue weighted by atomic mass is 9.90. The number of aromatic nitrogens is 3. The number of amides is 5. The van der Waals surface area contributed by atoms with Crippen molar-refractivity contribution in [2.75, 3.05) is 46.6 Å². The van der Waals surface area contributed by atoms with Crippen molar-refractivity contribution in [1.29, 1.82) is 0 Å². The number of nitrogens with zero attached hydrogens (tertiary/aromatic N) is 3. The topological polar surface area (TPSA) is 289 Å². The second kappa shape index (κ2) is 27.5. The second-order valence-electron chi connectivity index (χ2n) is 19.0. The summed E-state index contributed by atoms with van der Waals surface area (Å²) in [5.74, 6) is -4.59. The van der Waals surface area contributed by atoms with Crippen LogP contribution in [-0.4, -0.2) is 145 Å². The molecule has 0 radical (unpaired) electrons. The fourth-order valence-corrected chi connectivity index (χ4v) is 9.19. The summed E-state index contributed by atoms with van der Waals surface area (Å²) in [5, 5.41) is 35.4. The van der Waals surface area contributed by atoms with E-state index in [1.54, 1.807) is 44.2 Å². The number of Topliss-reactive ketones (excluding diaryl/α,β-unsaturated/α-hetero) is 1. The molecule has 1 saturated heterocycles. The van der Waals surface area contributed by atoms with Gasteiger partial charge in [0.2, 0.25) is 23.6 Å². The van der Waals surface area contributed by atoms with E-state index in [1.807, 2.05) is 49.1 Å². The van der Waals surface area contributed by atoms with Crippen LogP contribution in [0.3, 0.4) is 0 Å². The number of ketones is 1. The second-order valence-corrected chi connectivity index (χ2v) is 20.6. The smallest absolute Gasteiger partial charge is 0.300 e. The lowest BCUT2D eigenvalue weighted by molar-refractivity contribution is -0.143. The van der Waals surface area contributed by atoms with Crippen LogP contribution in [0.25, 0.3) is 0 Å². The van der Waals surface area contributed by atoms with Crippen molar-refractivity contribution in [1.82, 2.24) is 46.9 Å². The van der Waals surface area contributed by atoms with Crippen molar-refractivity contribution in [3.8, 4) is 5.75 Å². The lowest BCUT2D eigenvalue weighted by Crippen LogP contribution is -2.60. The highest BCUT2D eigenvalue weighted by molar-refractivity contribution is 7.86. The molecule has 1 aliphatic rings. The number of methoxy groups -OCH3 is 1. The number of aliphatic hydroxyl groups is 1. The fourth-order valence-electron chi connectivity index (χ4n) is 8.01. The first-order chi connectivity index (χ1) is 34.7. The van der Waals surface area contributed by atoms with E-state index in [1.165, 1.54) is 25.4 Å². The highest BCUT2D eigenvalue weighted by Crippen LogP contribution is 2.28. The van der Waals surface area contributed by atoms with Crippen molar-refractivity contribution in [2.24, 2.45) is 11.8 Å². The molecular formula is C51H69N9O12S. The maximum atomic E-state index is 14.5. The molecule has 0 saturated carbocycles. The van der Waals surface area contributed by atoms with Gasteiger partial charge in [0.05, 0.1) is 39.5 Å². The van der Waals surface area contributed by atoms with Crippen LogP contribution in [0.5, 0.6) is 5.75 Å². The molecule has 5 amide bonds. The predicted octanol–water partition coefficient (Wildman–Crippen LogP) is 2.01. The molecule has 5 rings (SSSR count). The zero-order chi connectivity index (χ0) is 53.1. The number of ether oxygens (including phenoxy) is 2. The molecule has 0 aliphatic carbocycles. The van der Waals surface area contributed by atoms with Crippen LogP contribution in [0.2, 0.25) is 0 Å². The normalized spacial score (nSPS) is 15.5.